The van der Waals surface area contributed by atoms with Gasteiger partial charge in [-0.25, -0.2) is 0 Å². The minimum absolute atomic E-state index is 0.237. The first kappa shape index (κ1) is 59.8. The summed E-state index contributed by atoms with van der Waals surface area (Å²) >= 11 is 0. The fraction of sp³-hybridized carbons (Fsp3) is 0.792. The lowest BCUT2D eigenvalue weighted by Gasteiger charge is -2.40. The number of carbonyl (C=O) groups is 1. The van der Waals surface area contributed by atoms with Gasteiger partial charge in [0.05, 0.1) is 25.4 Å². The van der Waals surface area contributed by atoms with Gasteiger partial charge >= 0.3 is 0 Å². The number of hydrogen-bond donors (Lipinski definition) is 8. The molecule has 9 atom stereocenters. The smallest absolute Gasteiger partial charge is 0.249 e. The molecule has 0 aromatic rings. The Kier molecular flexibility index (Phi) is 39.4. The van der Waals surface area contributed by atoms with Crippen molar-refractivity contribution in [2.24, 2.45) is 0 Å². The Morgan fingerprint density at radius 3 is 1.52 bits per heavy atom. The molecular weight excluding hydrogens is 811 g/mol. The van der Waals surface area contributed by atoms with E-state index in [2.05, 4.69) is 79.9 Å². The standard InChI is InChI=1S/C53H95NO10/c1-3-5-7-9-11-13-15-17-19-21-23-25-26-28-30-32-34-36-38-40-45(56)48(58)44(43-63-53-51(61)50(60)49(59)47(42-55)64-53)54-52(62)46(57)41-39-37-35-33-31-29-27-24-22-20-18-16-14-12-10-8-6-4-2/h12,14,16-19,25-26,32,34,44-51,53,55-61H,3-11,13,15,20-24,27-31,33,35-43H2,1-2H3,(H,54,62)/b14-12-,18-16-,19-17+,26-25+,34-32+. The third kappa shape index (κ3) is 30.9. The molecule has 1 fully saturated rings. The summed E-state index contributed by atoms with van der Waals surface area (Å²) in [6, 6.07) is -1.20. The Morgan fingerprint density at radius 1 is 0.547 bits per heavy atom. The normalized spacial score (nSPS) is 21.5. The Bertz CT molecular complexity index is 1220. The molecule has 0 aliphatic carbocycles. The number of nitrogens with one attached hydrogen (secondary N) is 1. The van der Waals surface area contributed by atoms with E-state index < -0.39 is 74.2 Å². The monoisotopic (exact) mass is 906 g/mol. The quantitative estimate of drug-likeness (QED) is 0.0166. The second-order valence-electron chi connectivity index (χ2n) is 17.9. The highest BCUT2D eigenvalue weighted by molar-refractivity contribution is 5.80. The van der Waals surface area contributed by atoms with Gasteiger partial charge in [-0.1, -0.05) is 171 Å². The van der Waals surface area contributed by atoms with Crippen molar-refractivity contribution < 1.29 is 50.0 Å². The molecule has 1 saturated heterocycles. The van der Waals surface area contributed by atoms with Crippen LogP contribution in [0.25, 0.3) is 0 Å². The predicted octanol–water partition coefficient (Wildman–Crippen LogP) is 9.50. The first-order valence-corrected chi connectivity index (χ1v) is 25.7. The van der Waals surface area contributed by atoms with E-state index in [1.54, 1.807) is 0 Å². The van der Waals surface area contributed by atoms with Gasteiger partial charge in [-0.3, -0.25) is 4.79 Å². The van der Waals surface area contributed by atoms with Crippen molar-refractivity contribution in [2.45, 2.75) is 255 Å². The molecule has 1 aliphatic heterocycles. The van der Waals surface area contributed by atoms with Crippen LogP contribution in [-0.4, -0.2) is 110 Å². The minimum atomic E-state index is -1.68. The zero-order valence-corrected chi connectivity index (χ0v) is 40.2. The average Bonchev–Trinajstić information content (AvgIpc) is 3.29. The molecule has 1 aliphatic rings. The van der Waals surface area contributed by atoms with E-state index in [0.29, 0.717) is 19.3 Å². The van der Waals surface area contributed by atoms with Crippen molar-refractivity contribution >= 4 is 5.91 Å². The SMILES string of the molecule is CCCCC/C=C\C=C/CCCCCCCCCCCC(O)C(=O)NC(COC1OC(CO)C(O)C(O)C1O)C(O)C(O)CCC/C=C/CC/C=C/CC/C=C/CCCCCCCC. The van der Waals surface area contributed by atoms with Crippen molar-refractivity contribution in [3.8, 4) is 0 Å². The maximum Gasteiger partial charge on any atom is 0.249 e. The molecule has 9 unspecified atom stereocenters. The van der Waals surface area contributed by atoms with Crippen molar-refractivity contribution in [3.05, 3.63) is 60.8 Å². The van der Waals surface area contributed by atoms with E-state index in [-0.39, 0.29) is 12.8 Å². The maximum absolute atomic E-state index is 13.1. The number of amides is 1. The second-order valence-corrected chi connectivity index (χ2v) is 17.9. The number of aliphatic hydroxyl groups is 7. The van der Waals surface area contributed by atoms with Crippen molar-refractivity contribution in [2.75, 3.05) is 13.2 Å². The lowest BCUT2D eigenvalue weighted by molar-refractivity contribution is -0.303. The molecule has 1 heterocycles. The lowest BCUT2D eigenvalue weighted by atomic mass is 9.98. The topological polar surface area (TPSA) is 189 Å². The Labute approximate surface area is 389 Å². The highest BCUT2D eigenvalue weighted by Crippen LogP contribution is 2.23. The fourth-order valence-corrected chi connectivity index (χ4v) is 7.76. The molecule has 64 heavy (non-hydrogen) atoms. The van der Waals surface area contributed by atoms with Crippen LogP contribution in [0.2, 0.25) is 0 Å². The van der Waals surface area contributed by atoms with Crippen LogP contribution in [-0.2, 0) is 14.3 Å². The molecule has 11 heteroatoms. The maximum atomic E-state index is 13.1. The molecule has 0 saturated carbocycles. The summed E-state index contributed by atoms with van der Waals surface area (Å²) in [4.78, 5) is 13.1. The molecule has 1 rings (SSSR count). The number of allylic oxidation sites excluding steroid dienone is 10. The van der Waals surface area contributed by atoms with Crippen LogP contribution in [0.5, 0.6) is 0 Å². The van der Waals surface area contributed by atoms with Gasteiger partial charge in [-0.2, -0.15) is 0 Å². The van der Waals surface area contributed by atoms with Gasteiger partial charge in [0.2, 0.25) is 5.91 Å². The van der Waals surface area contributed by atoms with E-state index in [4.69, 9.17) is 9.47 Å². The summed E-state index contributed by atoms with van der Waals surface area (Å²) in [5.41, 5.74) is 0. The number of rotatable bonds is 42. The van der Waals surface area contributed by atoms with Crippen LogP contribution in [0.3, 0.4) is 0 Å². The molecule has 0 aromatic heterocycles. The number of unbranched alkanes of at least 4 members (excludes halogenated alkanes) is 21. The highest BCUT2D eigenvalue weighted by Gasteiger charge is 2.44. The molecule has 0 spiro atoms. The zero-order chi connectivity index (χ0) is 46.9. The fourth-order valence-electron chi connectivity index (χ4n) is 7.76. The van der Waals surface area contributed by atoms with Crippen molar-refractivity contribution in [1.29, 1.82) is 0 Å². The van der Waals surface area contributed by atoms with Gasteiger partial charge in [0.15, 0.2) is 6.29 Å². The van der Waals surface area contributed by atoms with Crippen LogP contribution in [0, 0.1) is 0 Å². The largest absolute Gasteiger partial charge is 0.394 e. The zero-order valence-electron chi connectivity index (χ0n) is 40.2. The van der Waals surface area contributed by atoms with Crippen LogP contribution >= 0.6 is 0 Å². The Morgan fingerprint density at radius 2 is 0.984 bits per heavy atom. The Balaban J connectivity index is 2.45. The van der Waals surface area contributed by atoms with Gasteiger partial charge in [-0.15, -0.1) is 0 Å². The lowest BCUT2D eigenvalue weighted by Crippen LogP contribution is -2.60. The van der Waals surface area contributed by atoms with Gasteiger partial charge in [-0.05, 0) is 89.9 Å². The van der Waals surface area contributed by atoms with E-state index >= 15 is 0 Å². The Hall–Kier alpha value is -2.19. The number of aliphatic hydroxyl groups excluding tert-OH is 7. The summed E-state index contributed by atoms with van der Waals surface area (Å²) in [5.74, 6) is -0.719. The van der Waals surface area contributed by atoms with Crippen LogP contribution in [0.4, 0.5) is 0 Å². The molecule has 372 valence electrons. The first-order valence-electron chi connectivity index (χ1n) is 25.7. The van der Waals surface area contributed by atoms with Gasteiger partial charge in [0.1, 0.15) is 36.6 Å². The third-order valence-electron chi connectivity index (χ3n) is 12.0. The molecule has 8 N–H and O–H groups in total. The predicted molar refractivity (Wildman–Crippen MR) is 261 cm³/mol. The highest BCUT2D eigenvalue weighted by atomic mass is 16.7. The molecule has 1 amide bonds. The minimum Gasteiger partial charge on any atom is -0.394 e. The summed E-state index contributed by atoms with van der Waals surface area (Å²) in [6.45, 7) is 3.38. The number of hydrogen-bond acceptors (Lipinski definition) is 10. The van der Waals surface area contributed by atoms with Gasteiger partial charge < -0.3 is 50.5 Å². The van der Waals surface area contributed by atoms with Gasteiger partial charge in [0, 0.05) is 0 Å². The van der Waals surface area contributed by atoms with Crippen molar-refractivity contribution in [1.82, 2.24) is 5.32 Å². The summed E-state index contributed by atoms with van der Waals surface area (Å²) in [6.07, 6.45) is 41.1. The summed E-state index contributed by atoms with van der Waals surface area (Å²) in [5, 5.41) is 75.9. The van der Waals surface area contributed by atoms with E-state index in [0.717, 1.165) is 57.8 Å². The number of carbonyl (C=O) groups excluding carboxylic acids is 1. The molecule has 0 aromatic carbocycles. The second kappa shape index (κ2) is 42.2. The molecule has 0 radical (unpaired) electrons. The molecule has 11 nitrogen and oxygen atoms in total. The van der Waals surface area contributed by atoms with E-state index in [1.165, 1.54) is 96.3 Å². The van der Waals surface area contributed by atoms with Crippen LogP contribution in [0.15, 0.2) is 60.8 Å². The first-order chi connectivity index (χ1) is 31.2. The molecular formula is C53H95NO10. The van der Waals surface area contributed by atoms with Crippen LogP contribution in [0.1, 0.15) is 200 Å². The average molecular weight is 906 g/mol. The molecule has 0 bridgehead atoms. The summed E-state index contributed by atoms with van der Waals surface area (Å²) in [7, 11) is 0. The van der Waals surface area contributed by atoms with Crippen LogP contribution < -0.4 is 5.32 Å². The van der Waals surface area contributed by atoms with Crippen molar-refractivity contribution in [3.63, 3.8) is 0 Å². The van der Waals surface area contributed by atoms with E-state index in [1.807, 2.05) is 0 Å². The summed E-state index contributed by atoms with van der Waals surface area (Å²) < 4.78 is 11.1. The third-order valence-corrected chi connectivity index (χ3v) is 12.0. The van der Waals surface area contributed by atoms with E-state index in [9.17, 15) is 40.5 Å². The number of ether oxygens (including phenoxy) is 2. The van der Waals surface area contributed by atoms with Gasteiger partial charge in [0.25, 0.3) is 0 Å².